The van der Waals surface area contributed by atoms with Gasteiger partial charge in [0.05, 0.1) is 6.54 Å². The van der Waals surface area contributed by atoms with Crippen LogP contribution in [0.3, 0.4) is 0 Å². The molecular formula is C21H31N3O2. The molecular weight excluding hydrogens is 326 g/mol. The summed E-state index contributed by atoms with van der Waals surface area (Å²) in [6.07, 6.45) is 5.50. The van der Waals surface area contributed by atoms with Crippen molar-refractivity contribution in [3.05, 3.63) is 35.9 Å². The molecule has 0 unspecified atom stereocenters. The number of amides is 1. The highest BCUT2D eigenvalue weighted by atomic mass is 16.6. The SMILES string of the molecule is CN1CC2(CCN(C3CCN(CCc4ccccc4)CC3)CC2)OC1=O. The number of nitrogens with zero attached hydrogens (tertiary/aromatic N) is 3. The molecule has 0 atom stereocenters. The maximum Gasteiger partial charge on any atom is 0.410 e. The van der Waals surface area contributed by atoms with Crippen molar-refractivity contribution < 1.29 is 9.53 Å². The largest absolute Gasteiger partial charge is 0.441 e. The summed E-state index contributed by atoms with van der Waals surface area (Å²) in [5.41, 5.74) is 1.23. The Balaban J connectivity index is 1.20. The van der Waals surface area contributed by atoms with Crippen molar-refractivity contribution in [1.29, 1.82) is 0 Å². The van der Waals surface area contributed by atoms with E-state index < -0.39 is 0 Å². The monoisotopic (exact) mass is 357 g/mol. The number of rotatable bonds is 4. The minimum atomic E-state index is -0.210. The van der Waals surface area contributed by atoms with Crippen LogP contribution < -0.4 is 0 Å². The van der Waals surface area contributed by atoms with Gasteiger partial charge in [-0.3, -0.25) is 4.90 Å². The van der Waals surface area contributed by atoms with Crippen molar-refractivity contribution in [1.82, 2.24) is 14.7 Å². The first-order chi connectivity index (χ1) is 12.6. The van der Waals surface area contributed by atoms with Gasteiger partial charge >= 0.3 is 6.09 Å². The zero-order valence-corrected chi connectivity index (χ0v) is 15.9. The molecule has 5 nitrogen and oxygen atoms in total. The van der Waals surface area contributed by atoms with Gasteiger partial charge in [-0.2, -0.15) is 0 Å². The molecule has 1 spiro atoms. The first-order valence-corrected chi connectivity index (χ1v) is 10.1. The highest BCUT2D eigenvalue weighted by Gasteiger charge is 2.46. The number of ether oxygens (including phenoxy) is 1. The molecule has 0 N–H and O–H groups in total. The van der Waals surface area contributed by atoms with Crippen molar-refractivity contribution in [3.8, 4) is 0 Å². The van der Waals surface area contributed by atoms with Gasteiger partial charge in [0, 0.05) is 45.6 Å². The third kappa shape index (κ3) is 3.89. The van der Waals surface area contributed by atoms with Crippen molar-refractivity contribution in [3.63, 3.8) is 0 Å². The predicted molar refractivity (Wildman–Crippen MR) is 102 cm³/mol. The minimum Gasteiger partial charge on any atom is -0.441 e. The van der Waals surface area contributed by atoms with Gasteiger partial charge in [0.1, 0.15) is 5.60 Å². The summed E-state index contributed by atoms with van der Waals surface area (Å²) >= 11 is 0. The molecule has 26 heavy (non-hydrogen) atoms. The number of carbonyl (C=O) groups is 1. The highest BCUT2D eigenvalue weighted by molar-refractivity contribution is 5.70. The second-order valence-corrected chi connectivity index (χ2v) is 8.25. The molecule has 3 saturated heterocycles. The lowest BCUT2D eigenvalue weighted by Gasteiger charge is -2.44. The Bertz CT molecular complexity index is 605. The summed E-state index contributed by atoms with van der Waals surface area (Å²) in [7, 11) is 1.84. The zero-order chi connectivity index (χ0) is 18.0. The van der Waals surface area contributed by atoms with Gasteiger partial charge in [0.25, 0.3) is 0 Å². The lowest BCUT2D eigenvalue weighted by atomic mass is 9.89. The fraction of sp³-hybridized carbons (Fsp3) is 0.667. The molecule has 0 saturated carbocycles. The third-order valence-electron chi connectivity index (χ3n) is 6.48. The van der Waals surface area contributed by atoms with Crippen LogP contribution in [-0.4, -0.2) is 78.8 Å². The van der Waals surface area contributed by atoms with Gasteiger partial charge in [-0.05, 0) is 37.9 Å². The molecule has 1 aromatic rings. The number of likely N-dealkylation sites (N-methyl/N-ethyl adjacent to an activating group) is 1. The Kier molecular flexibility index (Phi) is 5.18. The van der Waals surface area contributed by atoms with E-state index in [1.165, 1.54) is 38.0 Å². The molecule has 142 valence electrons. The predicted octanol–water partition coefficient (Wildman–Crippen LogP) is 2.61. The van der Waals surface area contributed by atoms with E-state index in [1.54, 1.807) is 4.90 Å². The van der Waals surface area contributed by atoms with Crippen molar-refractivity contribution in [2.75, 3.05) is 46.3 Å². The van der Waals surface area contributed by atoms with Gasteiger partial charge in [-0.15, -0.1) is 0 Å². The molecule has 0 aromatic heterocycles. The summed E-state index contributed by atoms with van der Waals surface area (Å²) in [4.78, 5) is 18.7. The number of piperidine rings is 2. The van der Waals surface area contributed by atoms with E-state index >= 15 is 0 Å². The van der Waals surface area contributed by atoms with Crippen LogP contribution in [0.1, 0.15) is 31.2 Å². The standard InChI is InChI=1S/C21H31N3O2/c1-22-17-21(26-20(22)25)10-15-24(16-11-21)19-8-13-23(14-9-19)12-7-18-5-3-2-4-6-18/h2-6,19H,7-17H2,1H3. The van der Waals surface area contributed by atoms with Gasteiger partial charge in [0.15, 0.2) is 0 Å². The van der Waals surface area contributed by atoms with Gasteiger partial charge in [-0.1, -0.05) is 30.3 Å². The minimum absolute atomic E-state index is 0.148. The highest BCUT2D eigenvalue weighted by Crippen LogP contribution is 2.34. The number of hydrogen-bond donors (Lipinski definition) is 0. The van der Waals surface area contributed by atoms with Gasteiger partial charge in [-0.25, -0.2) is 4.79 Å². The molecule has 5 heteroatoms. The molecule has 0 aliphatic carbocycles. The Morgan fingerprint density at radius 2 is 1.77 bits per heavy atom. The second kappa shape index (κ2) is 7.57. The molecule has 1 amide bonds. The number of benzene rings is 1. The van der Waals surface area contributed by atoms with Crippen LogP contribution in [0.2, 0.25) is 0 Å². The summed E-state index contributed by atoms with van der Waals surface area (Å²) < 4.78 is 5.68. The van der Waals surface area contributed by atoms with E-state index in [-0.39, 0.29) is 11.7 Å². The van der Waals surface area contributed by atoms with Gasteiger partial charge < -0.3 is 14.5 Å². The lowest BCUT2D eigenvalue weighted by Crippen LogP contribution is -2.52. The van der Waals surface area contributed by atoms with Crippen molar-refractivity contribution in [2.45, 2.75) is 43.7 Å². The number of likely N-dealkylation sites (tertiary alicyclic amines) is 2. The fourth-order valence-corrected chi connectivity index (χ4v) is 4.79. The summed E-state index contributed by atoms with van der Waals surface area (Å²) in [5.74, 6) is 0. The Hall–Kier alpha value is -1.59. The Labute approximate surface area is 156 Å². The van der Waals surface area contributed by atoms with Crippen LogP contribution in [0.15, 0.2) is 30.3 Å². The van der Waals surface area contributed by atoms with E-state index in [9.17, 15) is 4.79 Å². The summed E-state index contributed by atoms with van der Waals surface area (Å²) in [6.45, 7) is 6.47. The van der Waals surface area contributed by atoms with E-state index in [2.05, 4.69) is 40.1 Å². The summed E-state index contributed by atoms with van der Waals surface area (Å²) in [6, 6.07) is 11.5. The Morgan fingerprint density at radius 3 is 2.38 bits per heavy atom. The van der Waals surface area contributed by atoms with Crippen LogP contribution in [0.5, 0.6) is 0 Å². The van der Waals surface area contributed by atoms with Crippen LogP contribution in [0, 0.1) is 0 Å². The summed E-state index contributed by atoms with van der Waals surface area (Å²) in [5, 5.41) is 0. The first kappa shape index (κ1) is 17.8. The van der Waals surface area contributed by atoms with E-state index in [0.29, 0.717) is 6.04 Å². The molecule has 4 rings (SSSR count). The molecule has 3 heterocycles. The number of carbonyl (C=O) groups excluding carboxylic acids is 1. The van der Waals surface area contributed by atoms with Crippen LogP contribution >= 0.6 is 0 Å². The maximum atomic E-state index is 11.7. The third-order valence-corrected chi connectivity index (χ3v) is 6.48. The second-order valence-electron chi connectivity index (χ2n) is 8.25. The fourth-order valence-electron chi connectivity index (χ4n) is 4.79. The lowest BCUT2D eigenvalue weighted by molar-refractivity contribution is -0.0182. The molecule has 0 bridgehead atoms. The normalized spacial score (nSPS) is 25.0. The zero-order valence-electron chi connectivity index (χ0n) is 15.9. The maximum absolute atomic E-state index is 11.7. The number of hydrogen-bond acceptors (Lipinski definition) is 4. The quantitative estimate of drug-likeness (QED) is 0.830. The van der Waals surface area contributed by atoms with Crippen molar-refractivity contribution >= 4 is 6.09 Å². The van der Waals surface area contributed by atoms with E-state index in [0.717, 1.165) is 38.9 Å². The van der Waals surface area contributed by atoms with Crippen LogP contribution in [0.25, 0.3) is 0 Å². The Morgan fingerprint density at radius 1 is 1.08 bits per heavy atom. The molecule has 3 aliphatic heterocycles. The van der Waals surface area contributed by atoms with E-state index in [4.69, 9.17) is 4.74 Å². The molecule has 3 fully saturated rings. The first-order valence-electron chi connectivity index (χ1n) is 10.1. The smallest absolute Gasteiger partial charge is 0.410 e. The van der Waals surface area contributed by atoms with Gasteiger partial charge in [0.2, 0.25) is 0 Å². The van der Waals surface area contributed by atoms with E-state index in [1.807, 2.05) is 7.05 Å². The molecule has 0 radical (unpaired) electrons. The van der Waals surface area contributed by atoms with Crippen LogP contribution in [0.4, 0.5) is 4.79 Å². The topological polar surface area (TPSA) is 36.0 Å². The molecule has 1 aromatic carbocycles. The van der Waals surface area contributed by atoms with Crippen LogP contribution in [-0.2, 0) is 11.2 Å². The van der Waals surface area contributed by atoms with Crippen molar-refractivity contribution in [2.24, 2.45) is 0 Å². The average Bonchev–Trinajstić information content (AvgIpc) is 2.95. The average molecular weight is 357 g/mol. The molecule has 3 aliphatic rings.